The van der Waals surface area contributed by atoms with E-state index in [0.717, 1.165) is 5.75 Å². The quantitative estimate of drug-likeness (QED) is 0.397. The molecule has 0 unspecified atom stereocenters. The zero-order valence-electron chi connectivity index (χ0n) is 17.0. The molecule has 4 nitrogen and oxygen atoms in total. The summed E-state index contributed by atoms with van der Waals surface area (Å²) in [6, 6.07) is 27.6. The first-order valence-corrected chi connectivity index (χ1v) is 9.88. The van der Waals surface area contributed by atoms with Crippen molar-refractivity contribution in [3.05, 3.63) is 126 Å². The van der Waals surface area contributed by atoms with E-state index < -0.39 is 6.04 Å². The minimum absolute atomic E-state index is 0.203. The number of pyridine rings is 1. The first-order chi connectivity index (χ1) is 15.1. The highest BCUT2D eigenvalue weighted by atomic mass is 19.1. The van der Waals surface area contributed by atoms with Gasteiger partial charge in [-0.3, -0.25) is 9.78 Å². The van der Waals surface area contributed by atoms with E-state index in [1.807, 2.05) is 42.5 Å². The Kier molecular flexibility index (Phi) is 6.03. The molecule has 0 N–H and O–H groups in total. The number of amides is 1. The minimum Gasteiger partial charge on any atom is -0.457 e. The van der Waals surface area contributed by atoms with Crippen LogP contribution in [0.15, 0.2) is 103 Å². The molecule has 5 heteroatoms. The van der Waals surface area contributed by atoms with E-state index in [1.54, 1.807) is 60.6 Å². The molecule has 1 atom stereocenters. The first kappa shape index (κ1) is 20.3. The molecule has 3 aromatic carbocycles. The van der Waals surface area contributed by atoms with E-state index in [9.17, 15) is 9.18 Å². The molecule has 0 saturated carbocycles. The second kappa shape index (κ2) is 9.22. The number of nitrogens with zero attached hydrogens (tertiary/aromatic N) is 2. The smallest absolute Gasteiger partial charge is 0.254 e. The summed E-state index contributed by atoms with van der Waals surface area (Å²) in [4.78, 5) is 19.2. The molecular weight excluding hydrogens is 391 g/mol. The third-order valence-corrected chi connectivity index (χ3v) is 4.92. The summed E-state index contributed by atoms with van der Waals surface area (Å²) in [5, 5.41) is 0. The molecule has 0 saturated heterocycles. The number of benzene rings is 3. The molecule has 154 valence electrons. The number of hydrogen-bond donors (Lipinski definition) is 0. The van der Waals surface area contributed by atoms with Crippen molar-refractivity contribution in [1.29, 1.82) is 0 Å². The second-order valence-electron chi connectivity index (χ2n) is 7.07. The molecular formula is C26H21FN2O2. The summed E-state index contributed by atoms with van der Waals surface area (Å²) >= 11 is 0. The molecule has 1 amide bonds. The van der Waals surface area contributed by atoms with Crippen molar-refractivity contribution in [2.24, 2.45) is 0 Å². The largest absolute Gasteiger partial charge is 0.457 e. The van der Waals surface area contributed by atoms with Crippen molar-refractivity contribution in [2.75, 3.05) is 7.05 Å². The van der Waals surface area contributed by atoms with Gasteiger partial charge < -0.3 is 9.64 Å². The Balaban J connectivity index is 1.59. The van der Waals surface area contributed by atoms with Crippen LogP contribution in [0.3, 0.4) is 0 Å². The molecule has 0 aliphatic rings. The van der Waals surface area contributed by atoms with Crippen LogP contribution in [0.5, 0.6) is 11.5 Å². The summed E-state index contributed by atoms with van der Waals surface area (Å²) in [5.41, 5.74) is 1.81. The number of rotatable bonds is 6. The third-order valence-electron chi connectivity index (χ3n) is 4.92. The van der Waals surface area contributed by atoms with Crippen LogP contribution in [0.2, 0.25) is 0 Å². The van der Waals surface area contributed by atoms with Crippen molar-refractivity contribution in [3.63, 3.8) is 0 Å². The Morgan fingerprint density at radius 3 is 2.26 bits per heavy atom. The third kappa shape index (κ3) is 4.78. The lowest BCUT2D eigenvalue weighted by Gasteiger charge is -2.28. The fourth-order valence-corrected chi connectivity index (χ4v) is 3.42. The van der Waals surface area contributed by atoms with Crippen LogP contribution in [0.1, 0.15) is 27.7 Å². The molecule has 1 heterocycles. The highest BCUT2D eigenvalue weighted by Gasteiger charge is 2.26. The van der Waals surface area contributed by atoms with E-state index >= 15 is 0 Å². The Hall–Kier alpha value is -3.99. The lowest BCUT2D eigenvalue weighted by molar-refractivity contribution is 0.0752. The molecule has 0 spiro atoms. The number of hydrogen-bond acceptors (Lipinski definition) is 3. The maximum atomic E-state index is 13.9. The van der Waals surface area contributed by atoms with Gasteiger partial charge in [-0.05, 0) is 66.2 Å². The van der Waals surface area contributed by atoms with Crippen molar-refractivity contribution in [1.82, 2.24) is 9.88 Å². The van der Waals surface area contributed by atoms with Gasteiger partial charge in [0.1, 0.15) is 17.3 Å². The van der Waals surface area contributed by atoms with Gasteiger partial charge in [0.05, 0.1) is 11.7 Å². The average molecular weight is 412 g/mol. The van der Waals surface area contributed by atoms with Gasteiger partial charge in [-0.15, -0.1) is 0 Å². The zero-order chi connectivity index (χ0) is 21.6. The van der Waals surface area contributed by atoms with Crippen LogP contribution in [-0.4, -0.2) is 22.8 Å². The molecule has 4 aromatic rings. The monoisotopic (exact) mass is 412 g/mol. The minimum atomic E-state index is -0.523. The summed E-state index contributed by atoms with van der Waals surface area (Å²) in [6.45, 7) is 0. The predicted molar refractivity (Wildman–Crippen MR) is 118 cm³/mol. The average Bonchev–Trinajstić information content (AvgIpc) is 2.81. The standard InChI is InChI=1S/C26H21FN2O2/c1-29(25(24-12-5-6-17-28-24)20-8-7-9-21(27)18-20)26(30)19-13-15-23(16-14-19)31-22-10-3-2-4-11-22/h2-18,25H,1H3/t25-/m0/s1. The first-order valence-electron chi connectivity index (χ1n) is 9.88. The van der Waals surface area contributed by atoms with Crippen molar-refractivity contribution >= 4 is 5.91 Å². The van der Waals surface area contributed by atoms with Crippen LogP contribution in [0.4, 0.5) is 4.39 Å². The van der Waals surface area contributed by atoms with Crippen LogP contribution in [0.25, 0.3) is 0 Å². The van der Waals surface area contributed by atoms with Crippen molar-refractivity contribution in [3.8, 4) is 11.5 Å². The SMILES string of the molecule is CN(C(=O)c1ccc(Oc2ccccc2)cc1)[C@@H](c1cccc(F)c1)c1ccccn1. The van der Waals surface area contributed by atoms with Gasteiger partial charge in [0, 0.05) is 18.8 Å². The highest BCUT2D eigenvalue weighted by Crippen LogP contribution is 2.29. The van der Waals surface area contributed by atoms with Gasteiger partial charge in [-0.1, -0.05) is 36.4 Å². The highest BCUT2D eigenvalue weighted by molar-refractivity contribution is 5.94. The number of carbonyl (C=O) groups excluding carboxylic acids is 1. The zero-order valence-corrected chi connectivity index (χ0v) is 17.0. The van der Waals surface area contributed by atoms with Gasteiger partial charge in [0.25, 0.3) is 5.91 Å². The number of para-hydroxylation sites is 1. The van der Waals surface area contributed by atoms with Gasteiger partial charge in [0.15, 0.2) is 0 Å². The lowest BCUT2D eigenvalue weighted by Crippen LogP contribution is -2.32. The number of ether oxygens (including phenoxy) is 1. The molecule has 0 fully saturated rings. The van der Waals surface area contributed by atoms with Crippen LogP contribution in [-0.2, 0) is 0 Å². The molecule has 0 aliphatic carbocycles. The van der Waals surface area contributed by atoms with E-state index in [1.165, 1.54) is 12.1 Å². The number of halogens is 1. The van der Waals surface area contributed by atoms with Crippen molar-refractivity contribution < 1.29 is 13.9 Å². The lowest BCUT2D eigenvalue weighted by atomic mass is 10.0. The summed E-state index contributed by atoms with van der Waals surface area (Å²) in [5.74, 6) is 0.796. The van der Waals surface area contributed by atoms with Crippen molar-refractivity contribution in [2.45, 2.75) is 6.04 Å². The molecule has 0 bridgehead atoms. The van der Waals surface area contributed by atoms with Crippen LogP contribution < -0.4 is 4.74 Å². The van der Waals surface area contributed by atoms with Gasteiger partial charge in [-0.25, -0.2) is 4.39 Å². The van der Waals surface area contributed by atoms with E-state index in [-0.39, 0.29) is 11.7 Å². The maximum Gasteiger partial charge on any atom is 0.254 e. The Bertz CT molecular complexity index is 1150. The van der Waals surface area contributed by atoms with E-state index in [2.05, 4.69) is 4.98 Å². The fourth-order valence-electron chi connectivity index (χ4n) is 3.42. The molecule has 0 aliphatic heterocycles. The molecule has 31 heavy (non-hydrogen) atoms. The summed E-state index contributed by atoms with van der Waals surface area (Å²) in [7, 11) is 1.70. The topological polar surface area (TPSA) is 42.4 Å². The Morgan fingerprint density at radius 1 is 0.871 bits per heavy atom. The Labute approximate surface area is 180 Å². The maximum absolute atomic E-state index is 13.9. The number of carbonyl (C=O) groups is 1. The Morgan fingerprint density at radius 2 is 1.58 bits per heavy atom. The fraction of sp³-hybridized carbons (Fsp3) is 0.0769. The number of aromatic nitrogens is 1. The van der Waals surface area contributed by atoms with Gasteiger partial charge in [-0.2, -0.15) is 0 Å². The van der Waals surface area contributed by atoms with Crippen LogP contribution in [0, 0.1) is 5.82 Å². The molecule has 1 aromatic heterocycles. The summed E-state index contributed by atoms with van der Waals surface area (Å²) < 4.78 is 19.7. The molecule has 0 radical (unpaired) electrons. The van der Waals surface area contributed by atoms with E-state index in [0.29, 0.717) is 22.6 Å². The van der Waals surface area contributed by atoms with Gasteiger partial charge in [0.2, 0.25) is 0 Å². The van der Waals surface area contributed by atoms with Gasteiger partial charge >= 0.3 is 0 Å². The van der Waals surface area contributed by atoms with Crippen LogP contribution >= 0.6 is 0 Å². The van der Waals surface area contributed by atoms with E-state index in [4.69, 9.17) is 4.74 Å². The predicted octanol–water partition coefficient (Wildman–Crippen LogP) is 5.87. The second-order valence-corrected chi connectivity index (χ2v) is 7.07. The summed E-state index contributed by atoms with van der Waals surface area (Å²) in [6.07, 6.45) is 1.66. The normalized spacial score (nSPS) is 11.5. The molecule has 4 rings (SSSR count).